The molecule has 2 N–H and O–H groups in total. The number of nitrogens with zero attached hydrogens (tertiary/aromatic N) is 1. The van der Waals surface area contributed by atoms with Crippen molar-refractivity contribution in [3.63, 3.8) is 0 Å². The van der Waals surface area contributed by atoms with E-state index in [0.29, 0.717) is 5.75 Å². The standard InChI is InChI=1S/C11H15ClN2O4S3/c1-20(15,16)11-7-19-5-4-14(11)21(17,18)10-6-8(13)2-3-9(10)12/h2-3,6,11H,4-5,7,13H2,1H3. The van der Waals surface area contributed by atoms with E-state index in [4.69, 9.17) is 17.3 Å². The number of anilines is 1. The first-order chi connectivity index (χ1) is 9.64. The first kappa shape index (κ1) is 16.9. The topological polar surface area (TPSA) is 97.5 Å². The third-order valence-corrected chi connectivity index (χ3v) is 8.24. The van der Waals surface area contributed by atoms with Crippen LogP contribution >= 0.6 is 23.4 Å². The summed E-state index contributed by atoms with van der Waals surface area (Å²) in [6, 6.07) is 4.12. The van der Waals surface area contributed by atoms with Crippen LogP contribution in [0.25, 0.3) is 0 Å². The minimum Gasteiger partial charge on any atom is -0.399 e. The average molecular weight is 371 g/mol. The van der Waals surface area contributed by atoms with E-state index < -0.39 is 25.2 Å². The Labute approximate surface area is 133 Å². The molecule has 0 spiro atoms. The zero-order chi connectivity index (χ0) is 15.8. The van der Waals surface area contributed by atoms with E-state index in [2.05, 4.69) is 0 Å². The van der Waals surface area contributed by atoms with Crippen molar-refractivity contribution in [2.45, 2.75) is 10.3 Å². The quantitative estimate of drug-likeness (QED) is 0.798. The molecule has 1 aromatic rings. The molecule has 1 fully saturated rings. The van der Waals surface area contributed by atoms with Gasteiger partial charge in [0.25, 0.3) is 0 Å². The van der Waals surface area contributed by atoms with Gasteiger partial charge in [-0.05, 0) is 18.2 Å². The molecule has 0 radical (unpaired) electrons. The van der Waals surface area contributed by atoms with Gasteiger partial charge in [0.15, 0.2) is 9.84 Å². The number of halogens is 1. The molecular formula is C11H15ClN2O4S3. The maximum absolute atomic E-state index is 12.7. The van der Waals surface area contributed by atoms with Crippen molar-refractivity contribution in [2.24, 2.45) is 0 Å². The molecular weight excluding hydrogens is 356 g/mol. The first-order valence-corrected chi connectivity index (χ1v) is 10.9. The molecule has 1 aliphatic rings. The van der Waals surface area contributed by atoms with E-state index in [1.165, 1.54) is 30.0 Å². The van der Waals surface area contributed by atoms with Crippen LogP contribution in [0.3, 0.4) is 0 Å². The minimum atomic E-state index is -4.02. The number of benzene rings is 1. The van der Waals surface area contributed by atoms with Crippen molar-refractivity contribution in [1.29, 1.82) is 0 Å². The molecule has 10 heteroatoms. The monoisotopic (exact) mass is 370 g/mol. The van der Waals surface area contributed by atoms with Crippen molar-refractivity contribution in [3.05, 3.63) is 23.2 Å². The van der Waals surface area contributed by atoms with Gasteiger partial charge < -0.3 is 5.73 Å². The highest BCUT2D eigenvalue weighted by Gasteiger charge is 2.40. The summed E-state index contributed by atoms with van der Waals surface area (Å²) in [5.74, 6) is 0.739. The second-order valence-electron chi connectivity index (χ2n) is 4.66. The Kier molecular flexibility index (Phi) is 4.79. The molecule has 1 unspecified atom stereocenters. The summed E-state index contributed by atoms with van der Waals surface area (Å²) < 4.78 is 50.2. The SMILES string of the molecule is CS(=O)(=O)C1CSCCN1S(=O)(=O)c1cc(N)ccc1Cl. The van der Waals surface area contributed by atoms with Gasteiger partial charge in [-0.1, -0.05) is 11.6 Å². The highest BCUT2D eigenvalue weighted by atomic mass is 35.5. The number of sulfone groups is 1. The Bertz CT molecular complexity index is 749. The van der Waals surface area contributed by atoms with Crippen LogP contribution in [-0.4, -0.2) is 50.8 Å². The predicted octanol–water partition coefficient (Wildman–Crippen LogP) is 1.03. The third kappa shape index (κ3) is 3.48. The number of hydrogen-bond acceptors (Lipinski definition) is 6. The summed E-state index contributed by atoms with van der Waals surface area (Å²) in [6.07, 6.45) is 1.03. The Morgan fingerprint density at radius 3 is 2.62 bits per heavy atom. The van der Waals surface area contributed by atoms with Gasteiger partial charge in [-0.15, -0.1) is 0 Å². The zero-order valence-corrected chi connectivity index (χ0v) is 14.4. The van der Waals surface area contributed by atoms with Gasteiger partial charge in [-0.3, -0.25) is 0 Å². The van der Waals surface area contributed by atoms with Crippen molar-refractivity contribution >= 4 is 48.9 Å². The van der Waals surface area contributed by atoms with Crippen molar-refractivity contribution in [3.8, 4) is 0 Å². The highest BCUT2D eigenvalue weighted by Crippen LogP contribution is 2.31. The predicted molar refractivity (Wildman–Crippen MR) is 85.7 cm³/mol. The molecule has 1 heterocycles. The van der Waals surface area contributed by atoms with Crippen LogP contribution in [0, 0.1) is 0 Å². The maximum Gasteiger partial charge on any atom is 0.245 e. The van der Waals surface area contributed by atoms with E-state index in [-0.39, 0.29) is 27.9 Å². The largest absolute Gasteiger partial charge is 0.399 e. The summed E-state index contributed by atoms with van der Waals surface area (Å²) in [4.78, 5) is -0.162. The van der Waals surface area contributed by atoms with Gasteiger partial charge in [0.05, 0.1) is 5.02 Å². The molecule has 0 saturated carbocycles. The highest BCUT2D eigenvalue weighted by molar-refractivity contribution is 8.01. The minimum absolute atomic E-state index is 0.0228. The molecule has 118 valence electrons. The molecule has 1 saturated heterocycles. The fourth-order valence-electron chi connectivity index (χ4n) is 2.02. The number of rotatable bonds is 3. The summed E-state index contributed by atoms with van der Waals surface area (Å²) in [5.41, 5.74) is 5.86. The molecule has 6 nitrogen and oxygen atoms in total. The molecule has 1 aromatic carbocycles. The molecule has 0 aliphatic carbocycles. The second kappa shape index (κ2) is 5.96. The first-order valence-electron chi connectivity index (χ1n) is 5.97. The summed E-state index contributed by atoms with van der Waals surface area (Å²) in [7, 11) is -7.56. The van der Waals surface area contributed by atoms with Crippen LogP contribution in [0.5, 0.6) is 0 Å². The third-order valence-electron chi connectivity index (χ3n) is 3.07. The van der Waals surface area contributed by atoms with E-state index in [9.17, 15) is 16.8 Å². The Hall–Kier alpha value is -0.480. The van der Waals surface area contributed by atoms with Crippen molar-refractivity contribution in [2.75, 3.05) is 30.0 Å². The van der Waals surface area contributed by atoms with Gasteiger partial charge in [-0.2, -0.15) is 16.1 Å². The summed E-state index contributed by atoms with van der Waals surface area (Å²) in [5, 5.41) is -1.06. The van der Waals surface area contributed by atoms with Crippen LogP contribution in [0.15, 0.2) is 23.1 Å². The lowest BCUT2D eigenvalue weighted by molar-refractivity contribution is 0.405. The smallest absolute Gasteiger partial charge is 0.245 e. The van der Waals surface area contributed by atoms with Crippen molar-refractivity contribution < 1.29 is 16.8 Å². The Morgan fingerprint density at radius 1 is 1.33 bits per heavy atom. The van der Waals surface area contributed by atoms with E-state index >= 15 is 0 Å². The maximum atomic E-state index is 12.7. The van der Waals surface area contributed by atoms with E-state index in [0.717, 1.165) is 10.6 Å². The molecule has 1 atom stereocenters. The van der Waals surface area contributed by atoms with Gasteiger partial charge in [0, 0.05) is 30.0 Å². The normalized spacial score (nSPS) is 21.3. The molecule has 2 rings (SSSR count). The number of sulfonamides is 1. The van der Waals surface area contributed by atoms with Crippen LogP contribution in [0.1, 0.15) is 0 Å². The number of hydrogen-bond donors (Lipinski definition) is 1. The average Bonchev–Trinajstić information content (AvgIpc) is 2.40. The summed E-state index contributed by atoms with van der Waals surface area (Å²) >= 11 is 7.36. The molecule has 1 aliphatic heterocycles. The lowest BCUT2D eigenvalue weighted by atomic mass is 10.3. The number of nitrogen functional groups attached to an aromatic ring is 1. The Morgan fingerprint density at radius 2 is 2.00 bits per heavy atom. The van der Waals surface area contributed by atoms with Gasteiger partial charge in [-0.25, -0.2) is 16.8 Å². The number of thioether (sulfide) groups is 1. The Balaban J connectivity index is 2.53. The zero-order valence-electron chi connectivity index (χ0n) is 11.2. The van der Waals surface area contributed by atoms with E-state index in [1.807, 2.05) is 0 Å². The van der Waals surface area contributed by atoms with Crippen LogP contribution < -0.4 is 5.73 Å². The molecule has 0 bridgehead atoms. The van der Waals surface area contributed by atoms with Gasteiger partial charge in [0.2, 0.25) is 10.0 Å². The number of nitrogens with two attached hydrogens (primary N) is 1. The molecule has 0 amide bonds. The second-order valence-corrected chi connectivity index (χ2v) is 10.3. The fourth-order valence-corrected chi connectivity index (χ4v) is 7.70. The molecule has 21 heavy (non-hydrogen) atoms. The van der Waals surface area contributed by atoms with Gasteiger partial charge in [0.1, 0.15) is 10.3 Å². The van der Waals surface area contributed by atoms with Gasteiger partial charge >= 0.3 is 0 Å². The lowest BCUT2D eigenvalue weighted by Gasteiger charge is -2.33. The van der Waals surface area contributed by atoms with Crippen LogP contribution in [0.4, 0.5) is 5.69 Å². The van der Waals surface area contributed by atoms with Crippen LogP contribution in [0.2, 0.25) is 5.02 Å². The summed E-state index contributed by atoms with van der Waals surface area (Å²) in [6.45, 7) is 0.121. The van der Waals surface area contributed by atoms with E-state index in [1.54, 1.807) is 0 Å². The van der Waals surface area contributed by atoms with Crippen LogP contribution in [-0.2, 0) is 19.9 Å². The lowest BCUT2D eigenvalue weighted by Crippen LogP contribution is -2.49. The van der Waals surface area contributed by atoms with Crippen molar-refractivity contribution in [1.82, 2.24) is 4.31 Å². The fraction of sp³-hybridized carbons (Fsp3) is 0.455. The molecule has 0 aromatic heterocycles.